The Hall–Kier alpha value is -0.970. The number of aromatic nitrogens is 2. The van der Waals surface area contributed by atoms with E-state index in [4.69, 9.17) is 17.3 Å². The largest absolute Gasteiger partial charge is 0.322 e. The van der Waals surface area contributed by atoms with E-state index in [0.29, 0.717) is 11.4 Å². The van der Waals surface area contributed by atoms with E-state index < -0.39 is 0 Å². The molecule has 0 aromatic carbocycles. The highest BCUT2D eigenvalue weighted by Gasteiger charge is 2.09. The minimum Gasteiger partial charge on any atom is -0.322 e. The average molecular weight is 313 g/mol. The maximum Gasteiger partial charge on any atom is 0.0589 e. The number of nitrogens with zero attached hydrogens (tertiary/aromatic N) is 2. The topological polar surface area (TPSA) is 51.8 Å². The minimum absolute atomic E-state index is 0.166. The molecule has 1 unspecified atom stereocenters. The smallest absolute Gasteiger partial charge is 0.0589 e. The van der Waals surface area contributed by atoms with Crippen molar-refractivity contribution in [2.45, 2.75) is 12.5 Å². The summed E-state index contributed by atoms with van der Waals surface area (Å²) in [6.45, 7) is 0. The van der Waals surface area contributed by atoms with Crippen molar-refractivity contribution in [2.24, 2.45) is 5.73 Å². The van der Waals surface area contributed by atoms with Gasteiger partial charge in [0.15, 0.2) is 0 Å². The van der Waals surface area contributed by atoms with Crippen molar-refractivity contribution in [3.05, 3.63) is 57.5 Å². The lowest BCUT2D eigenvalue weighted by atomic mass is 10.1. The first-order valence-electron chi connectivity index (χ1n) is 5.12. The van der Waals surface area contributed by atoms with Crippen molar-refractivity contribution in [2.75, 3.05) is 0 Å². The van der Waals surface area contributed by atoms with Crippen LogP contribution in [0.3, 0.4) is 0 Å². The first-order valence-corrected chi connectivity index (χ1v) is 6.30. The first kappa shape index (κ1) is 12.5. The van der Waals surface area contributed by atoms with Gasteiger partial charge in [0.05, 0.1) is 16.8 Å². The van der Waals surface area contributed by atoms with Crippen molar-refractivity contribution in [3.63, 3.8) is 0 Å². The van der Waals surface area contributed by atoms with E-state index in [9.17, 15) is 0 Å². The Bertz CT molecular complexity index is 484. The summed E-state index contributed by atoms with van der Waals surface area (Å²) in [6.07, 6.45) is 4.02. The molecule has 0 spiro atoms. The zero-order valence-electron chi connectivity index (χ0n) is 8.98. The number of hydrogen-bond acceptors (Lipinski definition) is 3. The molecule has 0 fully saturated rings. The molecular formula is C12H11BrClN3. The van der Waals surface area contributed by atoms with E-state index in [2.05, 4.69) is 25.9 Å². The van der Waals surface area contributed by atoms with Crippen molar-refractivity contribution < 1.29 is 0 Å². The van der Waals surface area contributed by atoms with E-state index in [1.54, 1.807) is 18.5 Å². The number of halogens is 2. The van der Waals surface area contributed by atoms with E-state index in [-0.39, 0.29) is 6.04 Å². The fourth-order valence-electron chi connectivity index (χ4n) is 1.46. The lowest BCUT2D eigenvalue weighted by Crippen LogP contribution is -2.15. The van der Waals surface area contributed by atoms with E-state index >= 15 is 0 Å². The summed E-state index contributed by atoms with van der Waals surface area (Å²) in [7, 11) is 0. The Kier molecular flexibility index (Phi) is 4.10. The van der Waals surface area contributed by atoms with Gasteiger partial charge in [0.25, 0.3) is 0 Å². The number of hydrogen-bond donors (Lipinski definition) is 1. The predicted molar refractivity (Wildman–Crippen MR) is 71.8 cm³/mol. The van der Waals surface area contributed by atoms with Crippen molar-refractivity contribution in [1.29, 1.82) is 0 Å². The highest BCUT2D eigenvalue weighted by atomic mass is 79.9. The summed E-state index contributed by atoms with van der Waals surface area (Å²) >= 11 is 9.12. The monoisotopic (exact) mass is 311 g/mol. The van der Waals surface area contributed by atoms with E-state index in [1.807, 2.05) is 18.2 Å². The molecule has 2 rings (SSSR count). The Morgan fingerprint density at radius 3 is 2.59 bits per heavy atom. The maximum absolute atomic E-state index is 6.06. The maximum atomic E-state index is 6.06. The molecule has 2 N–H and O–H groups in total. The summed E-state index contributed by atoms with van der Waals surface area (Å²) in [5.74, 6) is 0. The van der Waals surface area contributed by atoms with Crippen LogP contribution >= 0.6 is 27.5 Å². The average Bonchev–Trinajstić information content (AvgIpc) is 2.33. The lowest BCUT2D eigenvalue weighted by Gasteiger charge is -2.10. The van der Waals surface area contributed by atoms with Crippen molar-refractivity contribution in [3.8, 4) is 0 Å². The zero-order valence-corrected chi connectivity index (χ0v) is 11.3. The van der Waals surface area contributed by atoms with Gasteiger partial charge in [-0.05, 0) is 40.2 Å². The number of rotatable bonds is 3. The Morgan fingerprint density at radius 1 is 1.18 bits per heavy atom. The highest BCUT2D eigenvalue weighted by molar-refractivity contribution is 9.10. The Labute approximate surface area is 113 Å². The second kappa shape index (κ2) is 5.58. The quantitative estimate of drug-likeness (QED) is 0.947. The normalized spacial score (nSPS) is 12.4. The van der Waals surface area contributed by atoms with Crippen LogP contribution in [0.25, 0.3) is 0 Å². The molecule has 2 aromatic rings. The molecule has 88 valence electrons. The van der Waals surface area contributed by atoms with Gasteiger partial charge in [-0.25, -0.2) is 0 Å². The molecule has 0 saturated carbocycles. The van der Waals surface area contributed by atoms with Crippen LogP contribution < -0.4 is 5.73 Å². The van der Waals surface area contributed by atoms with Gasteiger partial charge in [-0.1, -0.05) is 11.6 Å². The third-order valence-corrected chi connectivity index (χ3v) is 3.04. The van der Waals surface area contributed by atoms with Gasteiger partial charge in [0, 0.05) is 29.0 Å². The van der Waals surface area contributed by atoms with Gasteiger partial charge in [0.2, 0.25) is 0 Å². The Balaban J connectivity index is 2.08. The second-order valence-corrected chi connectivity index (χ2v) is 5.03. The van der Waals surface area contributed by atoms with Crippen molar-refractivity contribution in [1.82, 2.24) is 9.97 Å². The molecule has 0 aliphatic rings. The first-order chi connectivity index (χ1) is 8.15. The van der Waals surface area contributed by atoms with Gasteiger partial charge in [0.1, 0.15) is 0 Å². The molecule has 0 amide bonds. The zero-order chi connectivity index (χ0) is 12.3. The van der Waals surface area contributed by atoms with Crippen LogP contribution in [-0.4, -0.2) is 9.97 Å². The fourth-order valence-corrected chi connectivity index (χ4v) is 1.81. The highest BCUT2D eigenvalue weighted by Crippen LogP contribution is 2.16. The molecule has 0 saturated heterocycles. The van der Waals surface area contributed by atoms with Crippen LogP contribution in [0, 0.1) is 0 Å². The Morgan fingerprint density at radius 2 is 2.00 bits per heavy atom. The van der Waals surface area contributed by atoms with Crippen LogP contribution in [0.15, 0.2) is 41.1 Å². The SMILES string of the molecule is NC(Cc1ccc(Br)cn1)c1ccc(Cl)cn1. The molecule has 2 heterocycles. The van der Waals surface area contributed by atoms with E-state index in [1.165, 1.54) is 0 Å². The molecule has 3 nitrogen and oxygen atoms in total. The van der Waals surface area contributed by atoms with Crippen LogP contribution in [0.1, 0.15) is 17.4 Å². The van der Waals surface area contributed by atoms with Gasteiger partial charge >= 0.3 is 0 Å². The molecular weight excluding hydrogens is 302 g/mol. The minimum atomic E-state index is -0.166. The van der Waals surface area contributed by atoms with Crippen LogP contribution in [-0.2, 0) is 6.42 Å². The predicted octanol–water partition coefficient (Wildman–Crippen LogP) is 3.14. The molecule has 0 radical (unpaired) electrons. The molecule has 17 heavy (non-hydrogen) atoms. The van der Waals surface area contributed by atoms with Crippen LogP contribution in [0.5, 0.6) is 0 Å². The fraction of sp³-hybridized carbons (Fsp3) is 0.167. The summed E-state index contributed by atoms with van der Waals surface area (Å²) in [5, 5.41) is 0.614. The van der Waals surface area contributed by atoms with Gasteiger partial charge in [-0.15, -0.1) is 0 Å². The molecule has 0 aliphatic heterocycles. The summed E-state index contributed by atoms with van der Waals surface area (Å²) in [4.78, 5) is 8.48. The molecule has 0 bridgehead atoms. The summed E-state index contributed by atoms with van der Waals surface area (Å²) in [5.41, 5.74) is 7.82. The summed E-state index contributed by atoms with van der Waals surface area (Å²) in [6, 6.07) is 7.36. The second-order valence-electron chi connectivity index (χ2n) is 3.68. The van der Waals surface area contributed by atoms with Crippen LogP contribution in [0.2, 0.25) is 5.02 Å². The van der Waals surface area contributed by atoms with Gasteiger partial charge < -0.3 is 5.73 Å². The van der Waals surface area contributed by atoms with Crippen LogP contribution in [0.4, 0.5) is 0 Å². The molecule has 0 aliphatic carbocycles. The van der Waals surface area contributed by atoms with Gasteiger partial charge in [-0.3, -0.25) is 9.97 Å². The third-order valence-electron chi connectivity index (χ3n) is 2.35. The standard InChI is InChI=1S/C12H11BrClN3/c13-8-1-3-10(16-6-8)5-11(15)12-4-2-9(14)7-17-12/h1-4,6-7,11H,5,15H2. The third kappa shape index (κ3) is 3.49. The van der Waals surface area contributed by atoms with Gasteiger partial charge in [-0.2, -0.15) is 0 Å². The molecule has 2 aromatic heterocycles. The summed E-state index contributed by atoms with van der Waals surface area (Å²) < 4.78 is 0.958. The van der Waals surface area contributed by atoms with E-state index in [0.717, 1.165) is 15.9 Å². The number of nitrogens with two attached hydrogens (primary N) is 1. The molecule has 1 atom stereocenters. The lowest BCUT2D eigenvalue weighted by molar-refractivity contribution is 0.683. The molecule has 5 heteroatoms. The number of pyridine rings is 2. The van der Waals surface area contributed by atoms with Crippen molar-refractivity contribution >= 4 is 27.5 Å².